The third-order valence-corrected chi connectivity index (χ3v) is 4.34. The molecule has 0 unspecified atom stereocenters. The molecule has 0 atom stereocenters. The molecule has 1 N–H and O–H groups in total. The molecule has 0 spiro atoms. The van der Waals surface area contributed by atoms with E-state index in [0.29, 0.717) is 12.0 Å². The highest BCUT2D eigenvalue weighted by Crippen LogP contribution is 2.18. The van der Waals surface area contributed by atoms with Gasteiger partial charge in [0.05, 0.1) is 16.2 Å². The smallest absolute Gasteiger partial charge is 0.336 e. The Morgan fingerprint density at radius 1 is 1.32 bits per heavy atom. The molecule has 1 aromatic carbocycles. The Kier molecular flexibility index (Phi) is 4.89. The molecule has 0 aliphatic carbocycles. The van der Waals surface area contributed by atoms with Gasteiger partial charge in [0.15, 0.2) is 9.84 Å². The van der Waals surface area contributed by atoms with E-state index in [4.69, 9.17) is 5.11 Å². The van der Waals surface area contributed by atoms with Gasteiger partial charge in [-0.2, -0.15) is 0 Å². The van der Waals surface area contributed by atoms with Crippen LogP contribution in [-0.4, -0.2) is 25.2 Å². The van der Waals surface area contributed by atoms with Crippen molar-refractivity contribution in [2.24, 2.45) is 0 Å². The highest BCUT2D eigenvalue weighted by atomic mass is 32.2. The van der Waals surface area contributed by atoms with Crippen LogP contribution in [0.1, 0.15) is 36.7 Å². The number of carboxylic acids is 1. The van der Waals surface area contributed by atoms with Crippen molar-refractivity contribution >= 4 is 15.8 Å². The Hall–Kier alpha value is -1.62. The van der Waals surface area contributed by atoms with E-state index >= 15 is 0 Å². The van der Waals surface area contributed by atoms with Crippen LogP contribution in [0.3, 0.4) is 0 Å². The first-order valence-corrected chi connectivity index (χ1v) is 7.65. The number of aryl methyl sites for hydroxylation is 1. The third kappa shape index (κ3) is 3.92. The minimum Gasteiger partial charge on any atom is -0.478 e. The van der Waals surface area contributed by atoms with E-state index in [9.17, 15) is 13.2 Å². The number of carbonyl (C=O) groups is 1. The maximum Gasteiger partial charge on any atom is 0.336 e. The standard InChI is InChI=1S/C14H18O4S/c1-4-11-5-6-12(9-13(11)14(15)16)19(17,18)8-7-10(2)3/h5-7,9H,4,8H2,1-3H3,(H,15,16). The summed E-state index contributed by atoms with van der Waals surface area (Å²) in [7, 11) is -3.48. The third-order valence-electron chi connectivity index (χ3n) is 2.76. The molecule has 0 fully saturated rings. The molecule has 1 aromatic rings. The zero-order valence-electron chi connectivity index (χ0n) is 11.3. The quantitative estimate of drug-likeness (QED) is 0.843. The summed E-state index contributed by atoms with van der Waals surface area (Å²) in [6.07, 6.45) is 2.17. The molecule has 0 saturated heterocycles. The predicted octanol–water partition coefficient (Wildman–Crippen LogP) is 2.69. The monoisotopic (exact) mass is 282 g/mol. The summed E-state index contributed by atoms with van der Waals surface area (Å²) < 4.78 is 24.1. The van der Waals surface area contributed by atoms with Crippen LogP contribution in [0.2, 0.25) is 0 Å². The van der Waals surface area contributed by atoms with Crippen molar-refractivity contribution in [3.05, 3.63) is 41.0 Å². The van der Waals surface area contributed by atoms with E-state index in [-0.39, 0.29) is 16.2 Å². The molecule has 5 heteroatoms. The van der Waals surface area contributed by atoms with Gasteiger partial charge in [-0.1, -0.05) is 24.6 Å². The van der Waals surface area contributed by atoms with Crippen LogP contribution in [0.25, 0.3) is 0 Å². The number of sulfone groups is 1. The summed E-state index contributed by atoms with van der Waals surface area (Å²) in [5.74, 6) is -1.21. The van der Waals surface area contributed by atoms with Gasteiger partial charge < -0.3 is 5.11 Å². The fraction of sp³-hybridized carbons (Fsp3) is 0.357. The first-order chi connectivity index (χ1) is 8.77. The molecule has 0 aliphatic rings. The molecule has 0 amide bonds. The zero-order chi connectivity index (χ0) is 14.6. The molecule has 0 bridgehead atoms. The SMILES string of the molecule is CCc1ccc(S(=O)(=O)CC=C(C)C)cc1C(=O)O. The van der Waals surface area contributed by atoms with Gasteiger partial charge in [-0.25, -0.2) is 13.2 Å². The first kappa shape index (κ1) is 15.4. The summed E-state index contributed by atoms with van der Waals surface area (Å²) in [6.45, 7) is 5.47. The summed E-state index contributed by atoms with van der Waals surface area (Å²) in [4.78, 5) is 11.2. The maximum atomic E-state index is 12.1. The number of aromatic carboxylic acids is 1. The number of hydrogen-bond acceptors (Lipinski definition) is 3. The molecule has 1 rings (SSSR count). The van der Waals surface area contributed by atoms with Crippen LogP contribution in [0.4, 0.5) is 0 Å². The molecule has 0 aromatic heterocycles. The average Bonchev–Trinajstić information content (AvgIpc) is 2.35. The van der Waals surface area contributed by atoms with E-state index < -0.39 is 15.8 Å². The van der Waals surface area contributed by atoms with Gasteiger partial charge in [0.25, 0.3) is 0 Å². The number of allylic oxidation sites excluding steroid dienone is 1. The van der Waals surface area contributed by atoms with Crippen LogP contribution in [0.5, 0.6) is 0 Å². The molecule has 0 saturated carbocycles. The molecule has 104 valence electrons. The largest absolute Gasteiger partial charge is 0.478 e. The minimum atomic E-state index is -3.48. The van der Waals surface area contributed by atoms with Crippen LogP contribution < -0.4 is 0 Å². The summed E-state index contributed by atoms with van der Waals surface area (Å²) >= 11 is 0. The summed E-state index contributed by atoms with van der Waals surface area (Å²) in [5.41, 5.74) is 1.60. The van der Waals surface area contributed by atoms with Crippen LogP contribution in [0.15, 0.2) is 34.7 Å². The van der Waals surface area contributed by atoms with Gasteiger partial charge >= 0.3 is 5.97 Å². The normalized spacial score (nSPS) is 11.1. The Balaban J connectivity index is 3.26. The van der Waals surface area contributed by atoms with Crippen LogP contribution >= 0.6 is 0 Å². The Morgan fingerprint density at radius 2 is 1.95 bits per heavy atom. The first-order valence-electron chi connectivity index (χ1n) is 6.00. The molecule has 0 aliphatic heterocycles. The number of hydrogen-bond donors (Lipinski definition) is 1. The fourth-order valence-electron chi connectivity index (χ4n) is 1.63. The van der Waals surface area contributed by atoms with Gasteiger partial charge in [0, 0.05) is 0 Å². The highest BCUT2D eigenvalue weighted by molar-refractivity contribution is 7.91. The lowest BCUT2D eigenvalue weighted by Gasteiger charge is -2.07. The molecular weight excluding hydrogens is 264 g/mol. The lowest BCUT2D eigenvalue weighted by Crippen LogP contribution is -2.09. The van der Waals surface area contributed by atoms with Gasteiger partial charge in [-0.3, -0.25) is 0 Å². The Bertz CT molecular complexity index is 608. The van der Waals surface area contributed by atoms with Crippen molar-refractivity contribution < 1.29 is 18.3 Å². The average molecular weight is 282 g/mol. The lowest BCUT2D eigenvalue weighted by atomic mass is 10.1. The van der Waals surface area contributed by atoms with Crippen molar-refractivity contribution in [2.45, 2.75) is 32.1 Å². The number of benzene rings is 1. The molecule has 19 heavy (non-hydrogen) atoms. The second kappa shape index (κ2) is 6.02. The number of carboxylic acid groups (broad SMARTS) is 1. The fourth-order valence-corrected chi connectivity index (χ4v) is 2.95. The molecule has 4 nitrogen and oxygen atoms in total. The second-order valence-electron chi connectivity index (χ2n) is 4.54. The van der Waals surface area contributed by atoms with E-state index in [1.54, 1.807) is 12.1 Å². The van der Waals surface area contributed by atoms with Crippen molar-refractivity contribution in [2.75, 3.05) is 5.75 Å². The maximum absolute atomic E-state index is 12.1. The van der Waals surface area contributed by atoms with Gasteiger partial charge in [0.1, 0.15) is 0 Å². The van der Waals surface area contributed by atoms with Crippen LogP contribution in [-0.2, 0) is 16.3 Å². The van der Waals surface area contributed by atoms with Gasteiger partial charge in [-0.05, 0) is 38.0 Å². The summed E-state index contributed by atoms with van der Waals surface area (Å²) in [6, 6.07) is 4.29. The summed E-state index contributed by atoms with van der Waals surface area (Å²) in [5, 5.41) is 9.10. The predicted molar refractivity (Wildman–Crippen MR) is 74.3 cm³/mol. The Labute approximate surface area is 113 Å². The van der Waals surface area contributed by atoms with Gasteiger partial charge in [-0.15, -0.1) is 0 Å². The van der Waals surface area contributed by atoms with Crippen molar-refractivity contribution in [1.29, 1.82) is 0 Å². The number of rotatable bonds is 5. The highest BCUT2D eigenvalue weighted by Gasteiger charge is 2.17. The van der Waals surface area contributed by atoms with Crippen molar-refractivity contribution in [3.8, 4) is 0 Å². The van der Waals surface area contributed by atoms with Crippen molar-refractivity contribution in [1.82, 2.24) is 0 Å². The van der Waals surface area contributed by atoms with Crippen LogP contribution in [0, 0.1) is 0 Å². The minimum absolute atomic E-state index is 0.0552. The molecule has 0 heterocycles. The lowest BCUT2D eigenvalue weighted by molar-refractivity contribution is 0.0695. The van der Waals surface area contributed by atoms with E-state index in [0.717, 1.165) is 5.57 Å². The molecule has 0 radical (unpaired) electrons. The van der Waals surface area contributed by atoms with E-state index in [2.05, 4.69) is 0 Å². The van der Waals surface area contributed by atoms with Crippen molar-refractivity contribution in [3.63, 3.8) is 0 Å². The zero-order valence-corrected chi connectivity index (χ0v) is 12.1. The van der Waals surface area contributed by atoms with Gasteiger partial charge in [0.2, 0.25) is 0 Å². The second-order valence-corrected chi connectivity index (χ2v) is 6.57. The van der Waals surface area contributed by atoms with E-state index in [1.807, 2.05) is 20.8 Å². The topological polar surface area (TPSA) is 71.4 Å². The molecular formula is C14H18O4S. The Morgan fingerprint density at radius 3 is 2.42 bits per heavy atom. The van der Waals surface area contributed by atoms with E-state index in [1.165, 1.54) is 12.1 Å².